The number of imidazole rings is 1. The topological polar surface area (TPSA) is 96.8 Å². The minimum atomic E-state index is -0.323. The molecule has 0 bridgehead atoms. The van der Waals surface area contributed by atoms with Crippen molar-refractivity contribution in [3.8, 4) is 0 Å². The maximum Gasteiger partial charge on any atom is 0.287 e. The molecule has 1 fully saturated rings. The summed E-state index contributed by atoms with van der Waals surface area (Å²) in [5.74, 6) is 0.858. The van der Waals surface area contributed by atoms with Crippen molar-refractivity contribution in [1.82, 2.24) is 30.2 Å². The van der Waals surface area contributed by atoms with Gasteiger partial charge in [-0.2, -0.15) is 0 Å². The second-order valence-electron chi connectivity index (χ2n) is 7.11. The Hall–Kier alpha value is -2.22. The van der Waals surface area contributed by atoms with Crippen LogP contribution in [0.3, 0.4) is 0 Å². The van der Waals surface area contributed by atoms with Gasteiger partial charge < -0.3 is 20.5 Å². The Labute approximate surface area is 141 Å². The van der Waals surface area contributed by atoms with Crippen molar-refractivity contribution in [2.24, 2.45) is 0 Å². The number of amides is 1. The third-order valence-electron chi connectivity index (χ3n) is 3.94. The monoisotopic (exact) mass is 331 g/mol. The highest BCUT2D eigenvalue weighted by Gasteiger charge is 2.24. The molecular weight excluding hydrogens is 306 g/mol. The van der Waals surface area contributed by atoms with Gasteiger partial charge in [-0.25, -0.2) is 15.0 Å². The molecule has 1 unspecified atom stereocenters. The Kier molecular flexibility index (Phi) is 4.40. The SMILES string of the molecule is CCn1c(C(=O)NC(C)(C)C)nc2c(NC3CCNC3)ncnc21. The maximum atomic E-state index is 12.6. The van der Waals surface area contributed by atoms with Crippen LogP contribution in [0.5, 0.6) is 0 Å². The largest absolute Gasteiger partial charge is 0.364 e. The minimum Gasteiger partial charge on any atom is -0.364 e. The molecule has 8 heteroatoms. The van der Waals surface area contributed by atoms with Crippen LogP contribution < -0.4 is 16.0 Å². The number of carbonyl (C=O) groups is 1. The predicted octanol–water partition coefficient (Wildman–Crippen LogP) is 1.15. The van der Waals surface area contributed by atoms with Gasteiger partial charge in [-0.3, -0.25) is 4.79 Å². The summed E-state index contributed by atoms with van der Waals surface area (Å²) in [6.45, 7) is 10.3. The molecule has 1 amide bonds. The van der Waals surface area contributed by atoms with E-state index in [2.05, 4.69) is 30.9 Å². The number of aromatic nitrogens is 4. The summed E-state index contributed by atoms with van der Waals surface area (Å²) < 4.78 is 1.83. The second-order valence-corrected chi connectivity index (χ2v) is 7.11. The van der Waals surface area contributed by atoms with Crippen LogP contribution >= 0.6 is 0 Å². The van der Waals surface area contributed by atoms with Gasteiger partial charge in [-0.15, -0.1) is 0 Å². The van der Waals surface area contributed by atoms with Crippen LogP contribution in [0.1, 0.15) is 44.7 Å². The molecule has 2 aromatic heterocycles. The predicted molar refractivity (Wildman–Crippen MR) is 93.1 cm³/mol. The van der Waals surface area contributed by atoms with Crippen LogP contribution in [0.25, 0.3) is 11.2 Å². The molecule has 1 aliphatic rings. The van der Waals surface area contributed by atoms with Gasteiger partial charge in [-0.05, 0) is 40.7 Å². The summed E-state index contributed by atoms with van der Waals surface area (Å²) in [5, 5.41) is 9.69. The number of fused-ring (bicyclic) bond motifs is 1. The van der Waals surface area contributed by atoms with E-state index < -0.39 is 0 Å². The van der Waals surface area contributed by atoms with Gasteiger partial charge in [0, 0.05) is 24.7 Å². The van der Waals surface area contributed by atoms with Gasteiger partial charge in [0.05, 0.1) is 0 Å². The number of aryl methyl sites for hydroxylation is 1. The van der Waals surface area contributed by atoms with E-state index in [4.69, 9.17) is 0 Å². The lowest BCUT2D eigenvalue weighted by molar-refractivity contribution is 0.0905. The molecule has 0 saturated carbocycles. The number of nitrogens with one attached hydrogen (secondary N) is 3. The first kappa shape index (κ1) is 16.6. The zero-order chi connectivity index (χ0) is 17.3. The fourth-order valence-corrected chi connectivity index (χ4v) is 2.88. The fraction of sp³-hybridized carbons (Fsp3) is 0.625. The molecule has 2 aromatic rings. The highest BCUT2D eigenvalue weighted by atomic mass is 16.2. The third kappa shape index (κ3) is 3.33. The molecule has 24 heavy (non-hydrogen) atoms. The van der Waals surface area contributed by atoms with Crippen LogP contribution in [0, 0.1) is 0 Å². The van der Waals surface area contributed by atoms with Crippen molar-refractivity contribution >= 4 is 22.9 Å². The molecule has 1 saturated heterocycles. The number of hydrogen-bond acceptors (Lipinski definition) is 6. The van der Waals surface area contributed by atoms with E-state index in [1.54, 1.807) is 0 Å². The first-order valence-corrected chi connectivity index (χ1v) is 8.40. The van der Waals surface area contributed by atoms with E-state index in [1.807, 2.05) is 32.3 Å². The molecule has 3 heterocycles. The van der Waals surface area contributed by atoms with Crippen molar-refractivity contribution < 1.29 is 4.79 Å². The van der Waals surface area contributed by atoms with E-state index >= 15 is 0 Å². The van der Waals surface area contributed by atoms with Crippen molar-refractivity contribution in [2.75, 3.05) is 18.4 Å². The van der Waals surface area contributed by atoms with Crippen molar-refractivity contribution in [2.45, 2.75) is 52.2 Å². The van der Waals surface area contributed by atoms with Crippen molar-refractivity contribution in [3.63, 3.8) is 0 Å². The minimum absolute atomic E-state index is 0.198. The van der Waals surface area contributed by atoms with Gasteiger partial charge in [0.25, 0.3) is 5.91 Å². The number of anilines is 1. The lowest BCUT2D eigenvalue weighted by Crippen LogP contribution is -2.41. The summed E-state index contributed by atoms with van der Waals surface area (Å²) >= 11 is 0. The van der Waals surface area contributed by atoms with E-state index in [-0.39, 0.29) is 11.4 Å². The van der Waals surface area contributed by atoms with E-state index in [1.165, 1.54) is 6.33 Å². The number of hydrogen-bond donors (Lipinski definition) is 3. The molecule has 0 aliphatic carbocycles. The van der Waals surface area contributed by atoms with Gasteiger partial charge >= 0.3 is 0 Å². The zero-order valence-corrected chi connectivity index (χ0v) is 14.7. The van der Waals surface area contributed by atoms with Gasteiger partial charge in [0.2, 0.25) is 5.82 Å². The molecule has 8 nitrogen and oxygen atoms in total. The summed E-state index contributed by atoms with van der Waals surface area (Å²) in [4.78, 5) is 25.8. The Morgan fingerprint density at radius 3 is 2.83 bits per heavy atom. The van der Waals surface area contributed by atoms with Crippen molar-refractivity contribution in [3.05, 3.63) is 12.2 Å². The smallest absolute Gasteiger partial charge is 0.287 e. The van der Waals surface area contributed by atoms with Crippen LogP contribution in [0.4, 0.5) is 5.82 Å². The molecule has 130 valence electrons. The molecule has 0 aromatic carbocycles. The van der Waals surface area contributed by atoms with E-state index in [0.717, 1.165) is 19.5 Å². The van der Waals surface area contributed by atoms with Crippen LogP contribution in [-0.2, 0) is 6.54 Å². The third-order valence-corrected chi connectivity index (χ3v) is 3.94. The van der Waals surface area contributed by atoms with Gasteiger partial charge in [0.1, 0.15) is 6.33 Å². The molecule has 0 spiro atoms. The average molecular weight is 331 g/mol. The lowest BCUT2D eigenvalue weighted by Gasteiger charge is -2.20. The molecule has 3 rings (SSSR count). The quantitative estimate of drug-likeness (QED) is 0.778. The maximum absolute atomic E-state index is 12.6. The molecule has 3 N–H and O–H groups in total. The first-order chi connectivity index (χ1) is 11.4. The molecule has 1 aliphatic heterocycles. The Morgan fingerprint density at radius 2 is 2.21 bits per heavy atom. The van der Waals surface area contributed by atoms with Crippen LogP contribution in [0.15, 0.2) is 6.33 Å². The standard InChI is InChI=1S/C16H25N7O/c1-5-23-13-11(21-14(23)15(24)22-16(2,3)4)12(18-9-19-13)20-10-6-7-17-8-10/h9-10,17H,5-8H2,1-4H3,(H,22,24)(H,18,19,20). The van der Waals surface area contributed by atoms with Crippen molar-refractivity contribution in [1.29, 1.82) is 0 Å². The lowest BCUT2D eigenvalue weighted by atomic mass is 10.1. The zero-order valence-electron chi connectivity index (χ0n) is 14.7. The van der Waals surface area contributed by atoms with Crippen LogP contribution in [0.2, 0.25) is 0 Å². The van der Waals surface area contributed by atoms with Crippen LogP contribution in [-0.4, -0.2) is 50.1 Å². The van der Waals surface area contributed by atoms with Gasteiger partial charge in [0.15, 0.2) is 17.0 Å². The summed E-state index contributed by atoms with van der Waals surface area (Å²) in [5.41, 5.74) is 1.00. The highest BCUT2D eigenvalue weighted by molar-refractivity contribution is 5.96. The van der Waals surface area contributed by atoms with E-state index in [0.29, 0.717) is 35.4 Å². The highest BCUT2D eigenvalue weighted by Crippen LogP contribution is 2.22. The fourth-order valence-electron chi connectivity index (χ4n) is 2.88. The summed E-state index contributed by atoms with van der Waals surface area (Å²) in [6.07, 6.45) is 2.56. The molecule has 1 atom stereocenters. The Morgan fingerprint density at radius 1 is 1.42 bits per heavy atom. The molecular formula is C16H25N7O. The number of nitrogens with zero attached hydrogens (tertiary/aromatic N) is 4. The summed E-state index contributed by atoms with van der Waals surface area (Å²) in [7, 11) is 0. The first-order valence-electron chi connectivity index (χ1n) is 8.40. The second kappa shape index (κ2) is 6.35. The number of carbonyl (C=O) groups excluding carboxylic acids is 1. The molecule has 0 radical (unpaired) electrons. The average Bonchev–Trinajstić information content (AvgIpc) is 3.12. The Balaban J connectivity index is 1.99. The Bertz CT molecular complexity index is 741. The normalized spacial score (nSPS) is 18.1. The summed E-state index contributed by atoms with van der Waals surface area (Å²) in [6, 6.07) is 0.321. The number of rotatable bonds is 4. The van der Waals surface area contributed by atoms with E-state index in [9.17, 15) is 4.79 Å². The van der Waals surface area contributed by atoms with Gasteiger partial charge in [-0.1, -0.05) is 0 Å².